The van der Waals surface area contributed by atoms with Crippen LogP contribution in [0, 0.1) is 56.7 Å². The molecule has 0 aromatic rings. The average molecular weight is 879 g/mol. The van der Waals surface area contributed by atoms with E-state index >= 15 is 0 Å². The Morgan fingerprint density at radius 1 is 0.733 bits per heavy atom. The topological polar surface area (TPSA) is 283 Å². The van der Waals surface area contributed by atoms with Crippen molar-refractivity contribution in [2.45, 2.75) is 160 Å². The number of ether oxygens (including phenoxy) is 4. The highest BCUT2D eigenvalue weighted by atomic mass is 32.3. The van der Waals surface area contributed by atoms with Gasteiger partial charge in [0.1, 0.15) is 48.8 Å². The number of allylic oxidation sites excluding steroid dienone is 1. The van der Waals surface area contributed by atoms with Gasteiger partial charge < -0.3 is 64.9 Å². The third kappa shape index (κ3) is 7.47. The third-order valence-corrected chi connectivity index (χ3v) is 18.5. The van der Waals surface area contributed by atoms with Crippen LogP contribution < -0.4 is 0 Å². The molecule has 0 bridgehead atoms. The van der Waals surface area contributed by atoms with Crippen molar-refractivity contribution in [1.29, 1.82) is 0 Å². The van der Waals surface area contributed by atoms with E-state index in [0.29, 0.717) is 25.7 Å². The average Bonchev–Trinajstić information content (AvgIpc) is 3.20. The van der Waals surface area contributed by atoms with E-state index in [2.05, 4.69) is 33.8 Å². The van der Waals surface area contributed by atoms with E-state index in [4.69, 9.17) is 23.1 Å². The molecule has 4 saturated carbocycles. The summed E-state index contributed by atoms with van der Waals surface area (Å²) >= 11 is 0. The molecule has 2 aliphatic heterocycles. The summed E-state index contributed by atoms with van der Waals surface area (Å²) in [5.41, 5.74) is -1.05. The van der Waals surface area contributed by atoms with Gasteiger partial charge in [0.15, 0.2) is 12.6 Å². The first-order valence-corrected chi connectivity index (χ1v) is 23.2. The monoisotopic (exact) mass is 878 g/mol. The van der Waals surface area contributed by atoms with Gasteiger partial charge in [0, 0.05) is 17.4 Å². The van der Waals surface area contributed by atoms with Crippen LogP contribution in [-0.4, -0.2) is 159 Å². The molecule has 2 heterocycles. The van der Waals surface area contributed by atoms with Crippen molar-refractivity contribution in [3.05, 3.63) is 11.6 Å². The second kappa shape index (κ2) is 16.8. The van der Waals surface area contributed by atoms with E-state index in [1.807, 2.05) is 6.92 Å². The molecule has 0 amide bonds. The molecule has 2 saturated heterocycles. The summed E-state index contributed by atoms with van der Waals surface area (Å²) in [4.78, 5) is 0. The molecule has 0 aromatic heterocycles. The van der Waals surface area contributed by atoms with E-state index in [1.165, 1.54) is 0 Å². The number of fused-ring (bicyclic) bond motifs is 7. The Balaban J connectivity index is 1.14. The number of hydrogen-bond acceptors (Lipinski definition) is 16. The Labute approximate surface area is 353 Å². The Kier molecular flexibility index (Phi) is 13.2. The lowest BCUT2D eigenvalue weighted by atomic mass is 9.31. The molecule has 0 radical (unpaired) electrons. The molecule has 60 heavy (non-hydrogen) atoms. The standard InChI is InChI=1S/C42H70O17S/c1-21-22(18-55-36-34(50)32(48)30(46)24(16-43)57-36)8-13-42(19-45)15-14-40(4)23(29(21)42)6-7-27-38(2)11-10-28(59-37-35(51)33(49)31(47)25(17-44)58-37)39(3,20-56-60(52,53)54)26(38)9-12-41(27,40)5/h8,21,23-37,43-51H,6-7,9-20H2,1-5H3,(H,52,53,54). The van der Waals surface area contributed by atoms with Crippen molar-refractivity contribution in [1.82, 2.24) is 0 Å². The number of aliphatic hydroxyl groups is 9. The number of hydrogen-bond donors (Lipinski definition) is 10. The lowest BCUT2D eigenvalue weighted by Gasteiger charge is -2.74. The van der Waals surface area contributed by atoms with Gasteiger partial charge in [-0.05, 0) is 109 Å². The van der Waals surface area contributed by atoms with Gasteiger partial charge in [-0.1, -0.05) is 40.7 Å². The first-order chi connectivity index (χ1) is 28.1. The van der Waals surface area contributed by atoms with Crippen molar-refractivity contribution >= 4 is 10.4 Å². The van der Waals surface area contributed by atoms with Crippen LogP contribution >= 0.6 is 0 Å². The molecular formula is C42H70O17S. The molecule has 5 aliphatic carbocycles. The minimum absolute atomic E-state index is 0.0108. The summed E-state index contributed by atoms with van der Waals surface area (Å²) in [6.07, 6.45) is -6.31. The molecule has 21 atom stereocenters. The summed E-state index contributed by atoms with van der Waals surface area (Å²) in [6.45, 7) is 9.69. The Morgan fingerprint density at radius 2 is 1.35 bits per heavy atom. The van der Waals surface area contributed by atoms with Crippen molar-refractivity contribution < 1.29 is 82.1 Å². The van der Waals surface area contributed by atoms with Crippen LogP contribution in [0.2, 0.25) is 0 Å². The molecule has 6 fully saturated rings. The Morgan fingerprint density at radius 3 is 1.95 bits per heavy atom. The van der Waals surface area contributed by atoms with Gasteiger partial charge in [0.25, 0.3) is 0 Å². The third-order valence-electron chi connectivity index (χ3n) is 18.1. The van der Waals surface area contributed by atoms with Gasteiger partial charge in [0.2, 0.25) is 0 Å². The van der Waals surface area contributed by atoms with Gasteiger partial charge in [-0.2, -0.15) is 8.42 Å². The molecule has 7 rings (SSSR count). The fourth-order valence-electron chi connectivity index (χ4n) is 14.6. The smallest absolute Gasteiger partial charge is 0.396 e. The van der Waals surface area contributed by atoms with Crippen LogP contribution in [0.1, 0.15) is 92.4 Å². The number of aliphatic hydroxyl groups excluding tert-OH is 9. The maximum Gasteiger partial charge on any atom is 0.397 e. The summed E-state index contributed by atoms with van der Waals surface area (Å²) in [6, 6.07) is 0. The maximum atomic E-state index is 12.1. The van der Waals surface area contributed by atoms with Gasteiger partial charge in [-0.15, -0.1) is 0 Å². The molecule has 346 valence electrons. The zero-order valence-electron chi connectivity index (χ0n) is 35.5. The first kappa shape index (κ1) is 47.1. The van der Waals surface area contributed by atoms with Gasteiger partial charge in [-0.25, -0.2) is 4.18 Å². The molecule has 18 heteroatoms. The fraction of sp³-hybridized carbons (Fsp3) is 0.952. The highest BCUT2D eigenvalue weighted by Gasteiger charge is 2.71. The van der Waals surface area contributed by atoms with Crippen LogP contribution in [0.5, 0.6) is 0 Å². The summed E-state index contributed by atoms with van der Waals surface area (Å²) in [5, 5.41) is 93.8. The van der Waals surface area contributed by atoms with Gasteiger partial charge in [-0.3, -0.25) is 4.55 Å². The Bertz CT molecular complexity index is 1680. The molecule has 21 unspecified atom stereocenters. The minimum atomic E-state index is -4.85. The van der Waals surface area contributed by atoms with Crippen LogP contribution in [0.25, 0.3) is 0 Å². The van der Waals surface area contributed by atoms with Crippen LogP contribution in [0.3, 0.4) is 0 Å². The van der Waals surface area contributed by atoms with E-state index in [-0.39, 0.29) is 64.5 Å². The zero-order valence-corrected chi connectivity index (χ0v) is 36.3. The highest BCUT2D eigenvalue weighted by Crippen LogP contribution is 2.77. The highest BCUT2D eigenvalue weighted by molar-refractivity contribution is 7.80. The molecule has 17 nitrogen and oxygen atoms in total. The summed E-state index contributed by atoms with van der Waals surface area (Å²) < 4.78 is 63.1. The van der Waals surface area contributed by atoms with Gasteiger partial charge >= 0.3 is 10.4 Å². The lowest BCUT2D eigenvalue weighted by molar-refractivity contribution is -0.335. The summed E-state index contributed by atoms with van der Waals surface area (Å²) in [5.74, 6) is 0.332. The first-order valence-electron chi connectivity index (χ1n) is 21.9. The van der Waals surface area contributed by atoms with E-state index < -0.39 is 103 Å². The predicted octanol–water partition coefficient (Wildman–Crippen LogP) is 0.418. The van der Waals surface area contributed by atoms with Crippen molar-refractivity contribution in [2.24, 2.45) is 56.7 Å². The molecule has 0 spiro atoms. The largest absolute Gasteiger partial charge is 0.397 e. The quantitative estimate of drug-likeness (QED) is 0.0765. The second-order valence-corrected chi connectivity index (χ2v) is 21.6. The van der Waals surface area contributed by atoms with Crippen molar-refractivity contribution in [3.63, 3.8) is 0 Å². The lowest BCUT2D eigenvalue weighted by Crippen LogP contribution is -2.69. The molecular weight excluding hydrogens is 809 g/mol. The predicted molar refractivity (Wildman–Crippen MR) is 211 cm³/mol. The van der Waals surface area contributed by atoms with Crippen LogP contribution in [0.15, 0.2) is 11.6 Å². The van der Waals surface area contributed by atoms with Gasteiger partial charge in [0.05, 0.1) is 32.5 Å². The van der Waals surface area contributed by atoms with Crippen LogP contribution in [-0.2, 0) is 33.5 Å². The Hall–Kier alpha value is -0.910. The van der Waals surface area contributed by atoms with E-state index in [1.54, 1.807) is 0 Å². The molecule has 0 aromatic carbocycles. The fourth-order valence-corrected chi connectivity index (χ4v) is 15.0. The van der Waals surface area contributed by atoms with Crippen molar-refractivity contribution in [3.8, 4) is 0 Å². The maximum absolute atomic E-state index is 12.1. The minimum Gasteiger partial charge on any atom is -0.396 e. The zero-order chi connectivity index (χ0) is 44.0. The van der Waals surface area contributed by atoms with Crippen molar-refractivity contribution in [2.75, 3.05) is 33.0 Å². The second-order valence-electron chi connectivity index (χ2n) is 20.6. The summed E-state index contributed by atoms with van der Waals surface area (Å²) in [7, 11) is -4.85. The molecule has 10 N–H and O–H groups in total. The van der Waals surface area contributed by atoms with E-state index in [0.717, 1.165) is 37.7 Å². The normalized spacial score (nSPS) is 53.3. The number of rotatable bonds is 11. The SMILES string of the molecule is CC1C(COC2OC(CO)C(O)C(O)C2O)=CCC2(CO)CCC3(C)C(CCC4C5(C)CCC(OC6OC(CO)C(O)C(O)C6O)C(C)(COS(=O)(=O)O)C5CCC43C)C12. The van der Waals surface area contributed by atoms with E-state index in [9.17, 15) is 58.9 Å². The van der Waals surface area contributed by atoms with Crippen LogP contribution in [0.4, 0.5) is 0 Å². The molecule has 7 aliphatic rings.